The number of nitrogens with zero attached hydrogens (tertiary/aromatic N) is 1. The van der Waals surface area contributed by atoms with Gasteiger partial charge in [-0.15, -0.1) is 0 Å². The number of H-pyrrole nitrogens is 1. The van der Waals surface area contributed by atoms with Crippen LogP contribution in [0.4, 0.5) is 5.82 Å². The Morgan fingerprint density at radius 3 is 2.89 bits per heavy atom. The van der Waals surface area contributed by atoms with Crippen LogP contribution in [0.5, 0.6) is 0 Å². The third kappa shape index (κ3) is 2.51. The summed E-state index contributed by atoms with van der Waals surface area (Å²) in [5.41, 5.74) is 2.82. The summed E-state index contributed by atoms with van der Waals surface area (Å²) in [6.07, 6.45) is 3.17. The van der Waals surface area contributed by atoms with E-state index in [0.717, 1.165) is 52.0 Å². The second-order valence-corrected chi connectivity index (χ2v) is 5.77. The van der Waals surface area contributed by atoms with Crippen LogP contribution in [0.15, 0.2) is 29.1 Å². The molecule has 0 amide bonds. The molecule has 0 radical (unpaired) electrons. The number of hydrogen-bond acceptors (Lipinski definition) is 3. The SMILES string of the molecule is O=c1nc2c(c(-c3ccccc3I)[nH]1)CCCCN2. The van der Waals surface area contributed by atoms with E-state index in [0.29, 0.717) is 0 Å². The Labute approximate surface area is 124 Å². The highest BCUT2D eigenvalue weighted by Gasteiger charge is 2.17. The zero-order valence-corrected chi connectivity index (χ0v) is 12.5. The van der Waals surface area contributed by atoms with Crippen molar-refractivity contribution in [3.05, 3.63) is 43.9 Å². The summed E-state index contributed by atoms with van der Waals surface area (Å²) in [5, 5.41) is 3.26. The fourth-order valence-corrected chi connectivity index (χ4v) is 3.07. The van der Waals surface area contributed by atoms with Gasteiger partial charge >= 0.3 is 5.69 Å². The molecule has 0 fully saturated rings. The highest BCUT2D eigenvalue weighted by molar-refractivity contribution is 14.1. The minimum atomic E-state index is -0.289. The first-order chi connectivity index (χ1) is 9.25. The number of fused-ring (bicyclic) bond motifs is 1. The number of rotatable bonds is 1. The van der Waals surface area contributed by atoms with E-state index in [2.05, 4.69) is 37.9 Å². The molecule has 1 aliphatic heterocycles. The smallest absolute Gasteiger partial charge is 0.347 e. The number of hydrogen-bond donors (Lipinski definition) is 2. The van der Waals surface area contributed by atoms with Crippen LogP contribution in [0.1, 0.15) is 18.4 Å². The Hall–Kier alpha value is -1.37. The van der Waals surface area contributed by atoms with E-state index >= 15 is 0 Å². The van der Waals surface area contributed by atoms with E-state index in [9.17, 15) is 4.79 Å². The summed E-state index contributed by atoms with van der Waals surface area (Å²) in [6.45, 7) is 0.884. The molecule has 1 aliphatic rings. The normalized spacial score (nSPS) is 14.4. The molecule has 0 aliphatic carbocycles. The Balaban J connectivity index is 2.24. The van der Waals surface area contributed by atoms with Crippen LogP contribution in [-0.4, -0.2) is 16.5 Å². The molecule has 0 atom stereocenters. The average Bonchev–Trinajstić information content (AvgIpc) is 2.63. The van der Waals surface area contributed by atoms with Crippen molar-refractivity contribution in [3.63, 3.8) is 0 Å². The Morgan fingerprint density at radius 1 is 1.21 bits per heavy atom. The standard InChI is InChI=1S/C14H14IN3O/c15-11-7-2-1-5-9(11)12-10-6-3-4-8-16-13(10)18-14(19)17-12/h1-2,5,7H,3-4,6,8H2,(H2,16,17,18,19). The average molecular weight is 367 g/mol. The van der Waals surface area contributed by atoms with Crippen LogP contribution in [0, 0.1) is 3.57 Å². The Bertz CT molecular complexity index is 666. The third-order valence-corrected chi connectivity index (χ3v) is 4.26. The van der Waals surface area contributed by atoms with Crippen LogP contribution in [0.3, 0.4) is 0 Å². The maximum Gasteiger partial charge on any atom is 0.347 e. The minimum Gasteiger partial charge on any atom is -0.370 e. The number of anilines is 1. The lowest BCUT2D eigenvalue weighted by Crippen LogP contribution is -2.17. The third-order valence-electron chi connectivity index (χ3n) is 3.32. The summed E-state index contributed by atoms with van der Waals surface area (Å²) >= 11 is 2.30. The molecule has 2 N–H and O–H groups in total. The summed E-state index contributed by atoms with van der Waals surface area (Å²) in [6, 6.07) is 8.08. The molecule has 4 nitrogen and oxygen atoms in total. The van der Waals surface area contributed by atoms with E-state index in [4.69, 9.17) is 0 Å². The maximum atomic E-state index is 11.7. The van der Waals surface area contributed by atoms with Gasteiger partial charge in [0.15, 0.2) is 0 Å². The molecule has 2 heterocycles. The van der Waals surface area contributed by atoms with Gasteiger partial charge in [-0.2, -0.15) is 4.98 Å². The van der Waals surface area contributed by atoms with Crippen LogP contribution in [-0.2, 0) is 6.42 Å². The van der Waals surface area contributed by atoms with Gasteiger partial charge in [0.2, 0.25) is 0 Å². The van der Waals surface area contributed by atoms with Gasteiger partial charge in [-0.05, 0) is 47.9 Å². The van der Waals surface area contributed by atoms with Crippen molar-refractivity contribution < 1.29 is 0 Å². The van der Waals surface area contributed by atoms with E-state index < -0.39 is 0 Å². The van der Waals surface area contributed by atoms with Crippen molar-refractivity contribution in [2.24, 2.45) is 0 Å². The van der Waals surface area contributed by atoms with Gasteiger partial charge in [-0.1, -0.05) is 18.2 Å². The second kappa shape index (κ2) is 5.32. The van der Waals surface area contributed by atoms with Crippen molar-refractivity contribution >= 4 is 28.4 Å². The number of benzene rings is 1. The predicted octanol–water partition coefficient (Wildman–Crippen LogP) is 2.79. The van der Waals surface area contributed by atoms with Gasteiger partial charge in [-0.3, -0.25) is 0 Å². The number of halogens is 1. The minimum absolute atomic E-state index is 0.289. The summed E-state index contributed by atoms with van der Waals surface area (Å²) in [4.78, 5) is 18.7. The molecule has 5 heteroatoms. The largest absolute Gasteiger partial charge is 0.370 e. The fraction of sp³-hybridized carbons (Fsp3) is 0.286. The van der Waals surface area contributed by atoms with Crippen molar-refractivity contribution in [1.82, 2.24) is 9.97 Å². The topological polar surface area (TPSA) is 57.8 Å². The molecule has 0 unspecified atom stereocenters. The number of nitrogens with one attached hydrogen (secondary N) is 2. The van der Waals surface area contributed by atoms with Gasteiger partial charge in [0.1, 0.15) is 5.82 Å². The molecule has 1 aromatic heterocycles. The summed E-state index contributed by atoms with van der Waals surface area (Å²) in [5.74, 6) is 0.746. The second-order valence-electron chi connectivity index (χ2n) is 4.61. The maximum absolute atomic E-state index is 11.7. The van der Waals surface area contributed by atoms with E-state index in [1.165, 1.54) is 0 Å². The van der Waals surface area contributed by atoms with Crippen molar-refractivity contribution in [2.45, 2.75) is 19.3 Å². The van der Waals surface area contributed by atoms with Crippen LogP contribution >= 0.6 is 22.6 Å². The lowest BCUT2D eigenvalue weighted by molar-refractivity contribution is 0.785. The monoisotopic (exact) mass is 367 g/mol. The van der Waals surface area contributed by atoms with Crippen LogP contribution in [0.2, 0.25) is 0 Å². The lowest BCUT2D eigenvalue weighted by Gasteiger charge is -2.12. The first kappa shape index (κ1) is 12.7. The number of aromatic nitrogens is 2. The van der Waals surface area contributed by atoms with Gasteiger partial charge in [0.05, 0.1) is 5.69 Å². The summed E-state index contributed by atoms with van der Waals surface area (Å²) in [7, 11) is 0. The quantitative estimate of drug-likeness (QED) is 0.763. The molecule has 98 valence electrons. The van der Waals surface area contributed by atoms with Gasteiger partial charge in [-0.25, -0.2) is 4.79 Å². The molecule has 0 spiro atoms. The molecule has 0 bridgehead atoms. The van der Waals surface area contributed by atoms with Gasteiger partial charge < -0.3 is 10.3 Å². The molecule has 19 heavy (non-hydrogen) atoms. The van der Waals surface area contributed by atoms with E-state index in [1.807, 2.05) is 24.3 Å². The summed E-state index contributed by atoms with van der Waals surface area (Å²) < 4.78 is 1.13. The molecular weight excluding hydrogens is 353 g/mol. The Kier molecular flexibility index (Phi) is 3.54. The van der Waals surface area contributed by atoms with E-state index in [-0.39, 0.29) is 5.69 Å². The van der Waals surface area contributed by atoms with Gasteiger partial charge in [0.25, 0.3) is 0 Å². The molecular formula is C14H14IN3O. The molecule has 0 saturated carbocycles. The van der Waals surface area contributed by atoms with Gasteiger partial charge in [0, 0.05) is 21.2 Å². The van der Waals surface area contributed by atoms with E-state index in [1.54, 1.807) is 0 Å². The predicted molar refractivity (Wildman–Crippen MR) is 84.4 cm³/mol. The van der Waals surface area contributed by atoms with Crippen molar-refractivity contribution in [3.8, 4) is 11.3 Å². The fourth-order valence-electron chi connectivity index (χ4n) is 2.41. The molecule has 3 rings (SSSR count). The zero-order valence-electron chi connectivity index (χ0n) is 10.4. The Morgan fingerprint density at radius 2 is 2.05 bits per heavy atom. The molecule has 1 aromatic carbocycles. The highest BCUT2D eigenvalue weighted by Crippen LogP contribution is 2.30. The number of aromatic amines is 1. The lowest BCUT2D eigenvalue weighted by atomic mass is 10.0. The first-order valence-electron chi connectivity index (χ1n) is 6.37. The van der Waals surface area contributed by atoms with Crippen LogP contribution in [0.25, 0.3) is 11.3 Å². The van der Waals surface area contributed by atoms with Crippen LogP contribution < -0.4 is 11.0 Å². The van der Waals surface area contributed by atoms with Crippen molar-refractivity contribution in [1.29, 1.82) is 0 Å². The van der Waals surface area contributed by atoms with Crippen molar-refractivity contribution in [2.75, 3.05) is 11.9 Å². The molecule has 0 saturated heterocycles. The zero-order chi connectivity index (χ0) is 13.2. The first-order valence-corrected chi connectivity index (χ1v) is 7.45. The highest BCUT2D eigenvalue weighted by atomic mass is 127. The molecule has 2 aromatic rings.